The van der Waals surface area contributed by atoms with Crippen LogP contribution in [-0.4, -0.2) is 9.97 Å². The third kappa shape index (κ3) is 3.83. The molecule has 2 aromatic carbocycles. The quantitative estimate of drug-likeness (QED) is 0.778. The first kappa shape index (κ1) is 14.5. The van der Waals surface area contributed by atoms with Crippen molar-refractivity contribution in [1.29, 1.82) is 5.26 Å². The van der Waals surface area contributed by atoms with Crippen molar-refractivity contribution in [2.45, 2.75) is 6.61 Å². The first-order valence-electron chi connectivity index (χ1n) is 7.09. The second kappa shape index (κ2) is 7.05. The van der Waals surface area contributed by atoms with E-state index < -0.39 is 0 Å². The Kier molecular flexibility index (Phi) is 4.46. The van der Waals surface area contributed by atoms with Crippen LogP contribution in [0.5, 0.6) is 5.75 Å². The lowest BCUT2D eigenvalue weighted by atomic mass is 10.1. The van der Waals surface area contributed by atoms with Gasteiger partial charge in [-0.25, -0.2) is 9.97 Å². The minimum atomic E-state index is 0.387. The number of aromatic nitrogens is 2. The van der Waals surface area contributed by atoms with E-state index in [0.29, 0.717) is 23.7 Å². The molecule has 112 valence electrons. The molecule has 0 amide bonds. The van der Waals surface area contributed by atoms with Crippen molar-refractivity contribution < 1.29 is 4.74 Å². The number of rotatable bonds is 5. The Labute approximate surface area is 134 Å². The van der Waals surface area contributed by atoms with Gasteiger partial charge in [0.25, 0.3) is 0 Å². The molecule has 3 rings (SSSR count). The molecule has 0 saturated carbocycles. The van der Waals surface area contributed by atoms with E-state index in [2.05, 4.69) is 21.4 Å². The second-order valence-corrected chi connectivity index (χ2v) is 4.82. The average molecular weight is 302 g/mol. The highest BCUT2D eigenvalue weighted by Gasteiger charge is 2.05. The van der Waals surface area contributed by atoms with Gasteiger partial charge in [-0.15, -0.1) is 0 Å². The molecule has 1 heterocycles. The largest absolute Gasteiger partial charge is 0.487 e. The Bertz CT molecular complexity index is 828. The van der Waals surface area contributed by atoms with Crippen LogP contribution in [0.3, 0.4) is 0 Å². The first-order chi connectivity index (χ1) is 11.3. The van der Waals surface area contributed by atoms with Gasteiger partial charge < -0.3 is 10.1 Å². The van der Waals surface area contributed by atoms with Crippen LogP contribution in [0.2, 0.25) is 0 Å². The summed E-state index contributed by atoms with van der Waals surface area (Å²) in [5, 5.41) is 12.1. The molecular weight excluding hydrogens is 288 g/mol. The molecule has 1 aromatic heterocycles. The number of ether oxygens (including phenoxy) is 1. The molecule has 0 bridgehead atoms. The molecule has 0 spiro atoms. The third-order valence-electron chi connectivity index (χ3n) is 3.18. The molecule has 23 heavy (non-hydrogen) atoms. The molecule has 5 heteroatoms. The summed E-state index contributed by atoms with van der Waals surface area (Å²) in [5.74, 6) is 1.41. The van der Waals surface area contributed by atoms with Crippen LogP contribution in [0, 0.1) is 11.3 Å². The Morgan fingerprint density at radius 2 is 2.00 bits per heavy atom. The van der Waals surface area contributed by atoms with E-state index in [1.165, 1.54) is 6.33 Å². The molecule has 0 fully saturated rings. The summed E-state index contributed by atoms with van der Waals surface area (Å²) in [5.41, 5.74) is 2.39. The predicted octanol–water partition coefficient (Wildman–Crippen LogP) is 3.67. The fourth-order valence-electron chi connectivity index (χ4n) is 2.09. The van der Waals surface area contributed by atoms with Crippen molar-refractivity contribution in [3.8, 4) is 11.8 Å². The van der Waals surface area contributed by atoms with Crippen molar-refractivity contribution in [3.63, 3.8) is 0 Å². The van der Waals surface area contributed by atoms with E-state index in [4.69, 9.17) is 10.00 Å². The molecule has 0 aliphatic rings. The van der Waals surface area contributed by atoms with Gasteiger partial charge in [-0.1, -0.05) is 24.3 Å². The third-order valence-corrected chi connectivity index (χ3v) is 3.18. The Morgan fingerprint density at radius 1 is 1.09 bits per heavy atom. The van der Waals surface area contributed by atoms with Crippen molar-refractivity contribution in [2.75, 3.05) is 5.32 Å². The van der Waals surface area contributed by atoms with Crippen molar-refractivity contribution in [3.05, 3.63) is 78.2 Å². The van der Waals surface area contributed by atoms with E-state index in [0.717, 1.165) is 11.3 Å². The van der Waals surface area contributed by atoms with Crippen molar-refractivity contribution in [2.24, 2.45) is 0 Å². The van der Waals surface area contributed by atoms with Gasteiger partial charge in [-0.2, -0.15) is 5.26 Å². The first-order valence-corrected chi connectivity index (χ1v) is 7.09. The molecule has 1 N–H and O–H groups in total. The Morgan fingerprint density at radius 3 is 2.83 bits per heavy atom. The maximum atomic E-state index is 8.94. The second-order valence-electron chi connectivity index (χ2n) is 4.82. The van der Waals surface area contributed by atoms with E-state index in [1.54, 1.807) is 18.3 Å². The van der Waals surface area contributed by atoms with Crippen LogP contribution in [0.15, 0.2) is 67.1 Å². The number of hydrogen-bond donors (Lipinski definition) is 1. The van der Waals surface area contributed by atoms with Gasteiger partial charge in [0.15, 0.2) is 0 Å². The van der Waals surface area contributed by atoms with E-state index in [1.807, 2.05) is 42.5 Å². The van der Waals surface area contributed by atoms with Crippen LogP contribution in [0.1, 0.15) is 11.1 Å². The molecule has 0 atom stereocenters. The molecule has 3 aromatic rings. The van der Waals surface area contributed by atoms with Crippen LogP contribution < -0.4 is 10.1 Å². The van der Waals surface area contributed by atoms with Gasteiger partial charge in [-0.3, -0.25) is 0 Å². The average Bonchev–Trinajstić information content (AvgIpc) is 2.62. The summed E-state index contributed by atoms with van der Waals surface area (Å²) < 4.78 is 5.88. The fourth-order valence-corrected chi connectivity index (χ4v) is 2.09. The highest BCUT2D eigenvalue weighted by atomic mass is 16.5. The van der Waals surface area contributed by atoms with E-state index >= 15 is 0 Å². The molecule has 0 unspecified atom stereocenters. The van der Waals surface area contributed by atoms with Crippen LogP contribution in [-0.2, 0) is 6.61 Å². The molecule has 0 aliphatic carbocycles. The van der Waals surface area contributed by atoms with Gasteiger partial charge in [0.05, 0.1) is 17.3 Å². The summed E-state index contributed by atoms with van der Waals surface area (Å²) in [6.45, 7) is 0.387. The van der Waals surface area contributed by atoms with E-state index in [9.17, 15) is 0 Å². The number of nitrogens with zero attached hydrogens (tertiary/aromatic N) is 3. The summed E-state index contributed by atoms with van der Waals surface area (Å²) in [6, 6.07) is 18.9. The molecule has 0 saturated heterocycles. The van der Waals surface area contributed by atoms with Crippen LogP contribution >= 0.6 is 0 Å². The number of nitrogens with one attached hydrogen (secondary N) is 1. The predicted molar refractivity (Wildman–Crippen MR) is 87.2 cm³/mol. The molecule has 0 aliphatic heterocycles. The minimum absolute atomic E-state index is 0.387. The summed E-state index contributed by atoms with van der Waals surface area (Å²) in [6.07, 6.45) is 3.16. The van der Waals surface area contributed by atoms with Gasteiger partial charge in [0.1, 0.15) is 24.5 Å². The monoisotopic (exact) mass is 302 g/mol. The van der Waals surface area contributed by atoms with Gasteiger partial charge >= 0.3 is 0 Å². The number of para-hydroxylation sites is 2. The zero-order valence-corrected chi connectivity index (χ0v) is 12.3. The standard InChI is InChI=1S/C18H14N4O/c19-11-14-4-3-5-15(10-14)12-23-17-7-2-1-6-16(17)22-18-8-9-20-13-21-18/h1-10,13H,12H2,(H,20,21,22). The SMILES string of the molecule is N#Cc1cccc(COc2ccccc2Nc2ccncn2)c1. The van der Waals surface area contributed by atoms with Crippen LogP contribution in [0.25, 0.3) is 0 Å². The van der Waals surface area contributed by atoms with Gasteiger partial charge in [-0.05, 0) is 35.9 Å². The summed E-state index contributed by atoms with van der Waals surface area (Å²) >= 11 is 0. The lowest BCUT2D eigenvalue weighted by molar-refractivity contribution is 0.308. The Hall–Kier alpha value is -3.39. The molecule has 0 radical (unpaired) electrons. The fraction of sp³-hybridized carbons (Fsp3) is 0.0556. The topological polar surface area (TPSA) is 70.8 Å². The highest BCUT2D eigenvalue weighted by molar-refractivity contribution is 5.63. The maximum Gasteiger partial charge on any atom is 0.143 e. The van der Waals surface area contributed by atoms with Gasteiger partial charge in [0, 0.05) is 6.20 Å². The van der Waals surface area contributed by atoms with Crippen molar-refractivity contribution >= 4 is 11.5 Å². The lowest BCUT2D eigenvalue weighted by Crippen LogP contribution is -2.00. The minimum Gasteiger partial charge on any atom is -0.487 e. The lowest BCUT2D eigenvalue weighted by Gasteiger charge is -2.12. The summed E-state index contributed by atoms with van der Waals surface area (Å²) in [4.78, 5) is 8.04. The Balaban J connectivity index is 1.74. The number of nitriles is 1. The normalized spacial score (nSPS) is 9.87. The highest BCUT2D eigenvalue weighted by Crippen LogP contribution is 2.27. The maximum absolute atomic E-state index is 8.94. The van der Waals surface area contributed by atoms with Crippen molar-refractivity contribution in [1.82, 2.24) is 9.97 Å². The zero-order chi connectivity index (χ0) is 15.9. The van der Waals surface area contributed by atoms with Crippen LogP contribution in [0.4, 0.5) is 11.5 Å². The zero-order valence-electron chi connectivity index (χ0n) is 12.3. The summed E-state index contributed by atoms with van der Waals surface area (Å²) in [7, 11) is 0. The number of hydrogen-bond acceptors (Lipinski definition) is 5. The van der Waals surface area contributed by atoms with E-state index in [-0.39, 0.29) is 0 Å². The number of benzene rings is 2. The molecule has 5 nitrogen and oxygen atoms in total. The molecular formula is C18H14N4O. The van der Waals surface area contributed by atoms with Gasteiger partial charge in [0.2, 0.25) is 0 Å². The number of anilines is 2. The smallest absolute Gasteiger partial charge is 0.143 e.